The molecule has 5 heteroatoms. The summed E-state index contributed by atoms with van der Waals surface area (Å²) in [7, 11) is 0. The Kier molecular flexibility index (Phi) is 4.90. The van der Waals surface area contributed by atoms with Crippen LogP contribution < -0.4 is 4.90 Å². The standard InChI is InChI=1S/C33H21N3O2/c34-20-21-13-18-29-27(19-21)25-9-4-5-11-28(25)36(29)30-12-6-10-26-31(30)33(38)35(32(26)37)24-16-14-23(15-17-24)22-7-2-1-3-8-22/h1-19,32,37H. The van der Waals surface area contributed by atoms with Gasteiger partial charge in [-0.25, -0.2) is 0 Å². The first kappa shape index (κ1) is 22.1. The zero-order valence-electron chi connectivity index (χ0n) is 20.2. The molecule has 0 spiro atoms. The van der Waals surface area contributed by atoms with Gasteiger partial charge in [0.05, 0.1) is 33.9 Å². The predicted octanol–water partition coefficient (Wildman–Crippen LogP) is 6.97. The molecule has 1 aliphatic rings. The molecule has 2 heterocycles. The van der Waals surface area contributed by atoms with Gasteiger partial charge in [0.2, 0.25) is 0 Å². The number of carbonyl (C=O) groups is 1. The van der Waals surface area contributed by atoms with Crippen molar-refractivity contribution in [3.8, 4) is 22.9 Å². The average molecular weight is 492 g/mol. The van der Waals surface area contributed by atoms with Gasteiger partial charge in [-0.2, -0.15) is 5.26 Å². The number of anilines is 1. The second-order valence-electron chi connectivity index (χ2n) is 9.40. The van der Waals surface area contributed by atoms with Gasteiger partial charge in [0.25, 0.3) is 5.91 Å². The molecule has 0 fully saturated rings. The van der Waals surface area contributed by atoms with E-state index in [1.165, 1.54) is 4.90 Å². The second-order valence-corrected chi connectivity index (χ2v) is 9.40. The van der Waals surface area contributed by atoms with Crippen LogP contribution in [0.4, 0.5) is 5.69 Å². The van der Waals surface area contributed by atoms with Crippen molar-refractivity contribution in [1.29, 1.82) is 5.26 Å². The molecule has 1 N–H and O–H groups in total. The highest BCUT2D eigenvalue weighted by Crippen LogP contribution is 2.41. The average Bonchev–Trinajstić information content (AvgIpc) is 3.44. The lowest BCUT2D eigenvalue weighted by Crippen LogP contribution is -2.27. The minimum Gasteiger partial charge on any atom is -0.369 e. The van der Waals surface area contributed by atoms with E-state index in [9.17, 15) is 15.2 Å². The number of hydrogen-bond acceptors (Lipinski definition) is 3. The maximum atomic E-state index is 14.0. The Labute approximate surface area is 219 Å². The van der Waals surface area contributed by atoms with E-state index < -0.39 is 6.23 Å². The highest BCUT2D eigenvalue weighted by atomic mass is 16.3. The first-order valence-corrected chi connectivity index (χ1v) is 12.4. The smallest absolute Gasteiger partial charge is 0.263 e. The third kappa shape index (κ3) is 3.18. The van der Waals surface area contributed by atoms with Crippen molar-refractivity contribution < 1.29 is 9.90 Å². The number of hydrogen-bond donors (Lipinski definition) is 1. The highest BCUT2D eigenvalue weighted by molar-refractivity contribution is 6.15. The van der Waals surface area contributed by atoms with Crippen LogP contribution in [0, 0.1) is 11.3 Å². The van der Waals surface area contributed by atoms with Crippen molar-refractivity contribution >= 4 is 33.4 Å². The molecule has 0 aliphatic carbocycles. The highest BCUT2D eigenvalue weighted by Gasteiger charge is 2.39. The van der Waals surface area contributed by atoms with Gasteiger partial charge in [-0.05, 0) is 53.6 Å². The summed E-state index contributed by atoms with van der Waals surface area (Å²) in [5.74, 6) is -0.255. The summed E-state index contributed by atoms with van der Waals surface area (Å²) < 4.78 is 2.05. The van der Waals surface area contributed by atoms with Crippen molar-refractivity contribution in [2.45, 2.75) is 6.23 Å². The lowest BCUT2D eigenvalue weighted by molar-refractivity contribution is 0.0935. The topological polar surface area (TPSA) is 69.3 Å². The maximum Gasteiger partial charge on any atom is 0.263 e. The van der Waals surface area contributed by atoms with Crippen LogP contribution in [0.5, 0.6) is 0 Å². The summed E-state index contributed by atoms with van der Waals surface area (Å²) in [5, 5.41) is 22.7. The Hall–Kier alpha value is -5.18. The van der Waals surface area contributed by atoms with Crippen LogP contribution in [0.25, 0.3) is 38.6 Å². The second kappa shape index (κ2) is 8.45. The summed E-state index contributed by atoms with van der Waals surface area (Å²) in [4.78, 5) is 15.4. The molecule has 0 bridgehead atoms. The molecule has 5 nitrogen and oxygen atoms in total. The fourth-order valence-electron chi connectivity index (χ4n) is 5.57. The molecule has 1 unspecified atom stereocenters. The minimum atomic E-state index is -1.10. The molecule has 0 radical (unpaired) electrons. The van der Waals surface area contributed by atoms with Crippen LogP contribution in [0.3, 0.4) is 0 Å². The number of para-hydroxylation sites is 1. The molecule has 5 aromatic carbocycles. The monoisotopic (exact) mass is 491 g/mol. The number of rotatable bonds is 3. The van der Waals surface area contributed by atoms with Gasteiger partial charge >= 0.3 is 0 Å². The van der Waals surface area contributed by atoms with Crippen LogP contribution in [-0.2, 0) is 0 Å². The Balaban J connectivity index is 1.38. The molecule has 0 saturated heterocycles. The van der Waals surface area contributed by atoms with Gasteiger partial charge in [0.1, 0.15) is 0 Å². The van der Waals surface area contributed by atoms with E-state index in [-0.39, 0.29) is 5.91 Å². The summed E-state index contributed by atoms with van der Waals surface area (Å²) in [6, 6.07) is 39.1. The minimum absolute atomic E-state index is 0.255. The largest absolute Gasteiger partial charge is 0.369 e. The number of aromatic nitrogens is 1. The molecule has 1 amide bonds. The summed E-state index contributed by atoms with van der Waals surface area (Å²) in [5.41, 5.74) is 6.90. The normalized spacial score (nSPS) is 14.7. The van der Waals surface area contributed by atoms with Crippen LogP contribution in [0.1, 0.15) is 27.7 Å². The SMILES string of the molecule is N#Cc1ccc2c(c1)c1ccccc1n2-c1cccc2c1C(=O)N(c1ccc(-c3ccccc3)cc1)C2O. The molecule has 180 valence electrons. The predicted molar refractivity (Wildman–Crippen MR) is 149 cm³/mol. The van der Waals surface area contributed by atoms with E-state index in [1.807, 2.05) is 103 Å². The number of nitriles is 1. The number of fused-ring (bicyclic) bond motifs is 4. The summed E-state index contributed by atoms with van der Waals surface area (Å²) in [6.45, 7) is 0. The zero-order valence-corrected chi connectivity index (χ0v) is 20.2. The first-order valence-electron chi connectivity index (χ1n) is 12.4. The third-order valence-corrected chi connectivity index (χ3v) is 7.33. The van der Waals surface area contributed by atoms with Gasteiger partial charge in [0.15, 0.2) is 6.23 Å². The number of benzene rings is 5. The van der Waals surface area contributed by atoms with Gasteiger partial charge in [-0.3, -0.25) is 9.69 Å². The third-order valence-electron chi connectivity index (χ3n) is 7.33. The fraction of sp³-hybridized carbons (Fsp3) is 0.0303. The summed E-state index contributed by atoms with van der Waals surface area (Å²) >= 11 is 0. The van der Waals surface area contributed by atoms with Crippen molar-refractivity contribution in [3.05, 3.63) is 132 Å². The van der Waals surface area contributed by atoms with E-state index in [1.54, 1.807) is 12.1 Å². The Morgan fingerprint density at radius 1 is 0.711 bits per heavy atom. The fourth-order valence-corrected chi connectivity index (χ4v) is 5.57. The Bertz CT molecular complexity index is 1910. The van der Waals surface area contributed by atoms with Crippen LogP contribution in [-0.4, -0.2) is 15.6 Å². The molecule has 38 heavy (non-hydrogen) atoms. The zero-order chi connectivity index (χ0) is 25.8. The number of carbonyl (C=O) groups excluding carboxylic acids is 1. The van der Waals surface area contributed by atoms with E-state index in [2.05, 4.69) is 10.6 Å². The summed E-state index contributed by atoms with van der Waals surface area (Å²) in [6.07, 6.45) is -1.10. The molecule has 1 atom stereocenters. The Morgan fingerprint density at radius 2 is 1.42 bits per heavy atom. The molecule has 0 saturated carbocycles. The lowest BCUT2D eigenvalue weighted by atomic mass is 10.1. The van der Waals surface area contributed by atoms with Crippen molar-refractivity contribution in [3.63, 3.8) is 0 Å². The van der Waals surface area contributed by atoms with Gasteiger partial charge in [-0.1, -0.05) is 72.8 Å². The van der Waals surface area contributed by atoms with Gasteiger partial charge in [-0.15, -0.1) is 0 Å². The van der Waals surface area contributed by atoms with E-state index in [0.29, 0.717) is 28.1 Å². The van der Waals surface area contributed by atoms with Gasteiger partial charge < -0.3 is 9.67 Å². The van der Waals surface area contributed by atoms with E-state index in [0.717, 1.165) is 32.9 Å². The number of nitrogens with zero attached hydrogens (tertiary/aromatic N) is 3. The van der Waals surface area contributed by atoms with Crippen molar-refractivity contribution in [2.75, 3.05) is 4.90 Å². The van der Waals surface area contributed by atoms with Crippen molar-refractivity contribution in [2.24, 2.45) is 0 Å². The molecule has 1 aliphatic heterocycles. The number of amides is 1. The molecule has 7 rings (SSSR count). The first-order chi connectivity index (χ1) is 18.7. The maximum absolute atomic E-state index is 14.0. The van der Waals surface area contributed by atoms with Crippen LogP contribution in [0.2, 0.25) is 0 Å². The molecular formula is C33H21N3O2. The number of aliphatic hydroxyl groups excluding tert-OH is 1. The van der Waals surface area contributed by atoms with Gasteiger partial charge in [0, 0.05) is 22.0 Å². The Morgan fingerprint density at radius 3 is 2.21 bits per heavy atom. The lowest BCUT2D eigenvalue weighted by Gasteiger charge is -2.21. The van der Waals surface area contributed by atoms with Crippen molar-refractivity contribution in [1.82, 2.24) is 4.57 Å². The molecule has 1 aromatic heterocycles. The van der Waals surface area contributed by atoms with Crippen LogP contribution in [0.15, 0.2) is 115 Å². The van der Waals surface area contributed by atoms with Crippen LogP contribution >= 0.6 is 0 Å². The quantitative estimate of drug-likeness (QED) is 0.291. The number of aliphatic hydroxyl groups is 1. The van der Waals surface area contributed by atoms with E-state index >= 15 is 0 Å². The van der Waals surface area contributed by atoms with E-state index in [4.69, 9.17) is 0 Å². The molecular weight excluding hydrogens is 470 g/mol. The molecule has 6 aromatic rings.